The molecule has 0 bridgehead atoms. The van der Waals surface area contributed by atoms with Crippen LogP contribution in [0.1, 0.15) is 5.56 Å². The number of para-hydroxylation sites is 1. The lowest BCUT2D eigenvalue weighted by molar-refractivity contribution is 0.592. The van der Waals surface area contributed by atoms with Crippen LogP contribution < -0.4 is 4.31 Å². The number of sulfonamides is 1. The molecule has 0 radical (unpaired) electrons. The van der Waals surface area contributed by atoms with Gasteiger partial charge in [-0.15, -0.1) is 0 Å². The molecule has 1 aliphatic heterocycles. The predicted octanol–water partition coefficient (Wildman–Crippen LogP) is 3.04. The van der Waals surface area contributed by atoms with Crippen LogP contribution in [-0.2, 0) is 16.4 Å². The van der Waals surface area contributed by atoms with Crippen molar-refractivity contribution in [1.29, 1.82) is 0 Å². The average Bonchev–Trinajstić information content (AvgIpc) is 2.83. The van der Waals surface area contributed by atoms with E-state index in [9.17, 15) is 8.42 Å². The largest absolute Gasteiger partial charge is 0.266 e. The van der Waals surface area contributed by atoms with Gasteiger partial charge in [0.1, 0.15) is 0 Å². The Morgan fingerprint density at radius 1 is 1.05 bits per heavy atom. The van der Waals surface area contributed by atoms with Crippen LogP contribution >= 0.6 is 22.6 Å². The molecule has 0 aliphatic carbocycles. The fourth-order valence-corrected chi connectivity index (χ4v) is 4.62. The summed E-state index contributed by atoms with van der Waals surface area (Å²) in [6.45, 7) is 0.521. The first-order valence-corrected chi connectivity index (χ1v) is 8.47. The molecule has 1 heterocycles. The molecule has 1 aliphatic rings. The van der Waals surface area contributed by atoms with Crippen LogP contribution in [0.4, 0.5) is 5.69 Å². The van der Waals surface area contributed by atoms with Gasteiger partial charge in [-0.05, 0) is 58.8 Å². The van der Waals surface area contributed by atoms with Gasteiger partial charge >= 0.3 is 0 Å². The third-order valence-corrected chi connectivity index (χ3v) is 5.71. The van der Waals surface area contributed by atoms with E-state index >= 15 is 0 Å². The first-order chi connectivity index (χ1) is 9.09. The fourth-order valence-electron chi connectivity index (χ4n) is 2.31. The van der Waals surface area contributed by atoms with Gasteiger partial charge in [-0.1, -0.05) is 24.3 Å². The van der Waals surface area contributed by atoms with Gasteiger partial charge < -0.3 is 0 Å². The smallest absolute Gasteiger partial charge is 0.264 e. The summed E-state index contributed by atoms with van der Waals surface area (Å²) in [7, 11) is -3.45. The first-order valence-electron chi connectivity index (χ1n) is 5.95. The molecule has 0 amide bonds. The maximum Gasteiger partial charge on any atom is 0.264 e. The highest BCUT2D eigenvalue weighted by molar-refractivity contribution is 14.1. The molecule has 0 atom stereocenters. The van der Waals surface area contributed by atoms with Gasteiger partial charge in [-0.2, -0.15) is 0 Å². The van der Waals surface area contributed by atoms with Crippen LogP contribution in [0.25, 0.3) is 0 Å². The Morgan fingerprint density at radius 2 is 1.84 bits per heavy atom. The van der Waals surface area contributed by atoms with Crippen molar-refractivity contribution in [3.63, 3.8) is 0 Å². The molecule has 5 heteroatoms. The summed E-state index contributed by atoms with van der Waals surface area (Å²) in [5.74, 6) is 0. The van der Waals surface area contributed by atoms with E-state index in [4.69, 9.17) is 0 Å². The number of nitrogens with zero attached hydrogens (tertiary/aromatic N) is 1. The van der Waals surface area contributed by atoms with E-state index in [0.29, 0.717) is 11.4 Å². The molecule has 3 nitrogen and oxygen atoms in total. The summed E-state index contributed by atoms with van der Waals surface area (Å²) in [5, 5.41) is 0. The standard InChI is InChI=1S/C14H12INO2S/c15-12-5-3-6-13(10-12)19(17,18)16-9-8-11-4-1-2-7-14(11)16/h1-7,10H,8-9H2. The highest BCUT2D eigenvalue weighted by Crippen LogP contribution is 2.32. The molecule has 98 valence electrons. The summed E-state index contributed by atoms with van der Waals surface area (Å²) < 4.78 is 27.8. The van der Waals surface area contributed by atoms with Crippen molar-refractivity contribution in [2.45, 2.75) is 11.3 Å². The van der Waals surface area contributed by atoms with E-state index in [1.807, 2.05) is 30.3 Å². The molecule has 0 unspecified atom stereocenters. The first kappa shape index (κ1) is 12.9. The highest BCUT2D eigenvalue weighted by atomic mass is 127. The third kappa shape index (κ3) is 2.25. The van der Waals surface area contributed by atoms with Crippen LogP contribution in [0.3, 0.4) is 0 Å². The van der Waals surface area contributed by atoms with Gasteiger partial charge in [0, 0.05) is 10.1 Å². The second-order valence-electron chi connectivity index (χ2n) is 4.41. The summed E-state index contributed by atoms with van der Waals surface area (Å²) >= 11 is 2.13. The minimum absolute atomic E-state index is 0.358. The van der Waals surface area contributed by atoms with Crippen molar-refractivity contribution >= 4 is 38.3 Å². The quantitative estimate of drug-likeness (QED) is 0.746. The highest BCUT2D eigenvalue weighted by Gasteiger charge is 2.30. The van der Waals surface area contributed by atoms with Crippen LogP contribution in [0.15, 0.2) is 53.4 Å². The van der Waals surface area contributed by atoms with E-state index in [1.165, 1.54) is 4.31 Å². The molecule has 2 aromatic carbocycles. The molecule has 2 aromatic rings. The number of fused-ring (bicyclic) bond motifs is 1. The lowest BCUT2D eigenvalue weighted by atomic mass is 10.2. The maximum atomic E-state index is 12.7. The van der Waals surface area contributed by atoms with Crippen molar-refractivity contribution in [2.75, 3.05) is 10.8 Å². The summed E-state index contributed by atoms with van der Waals surface area (Å²) in [4.78, 5) is 0.358. The van der Waals surface area contributed by atoms with Gasteiger partial charge in [0.2, 0.25) is 0 Å². The minimum atomic E-state index is -3.45. The van der Waals surface area contributed by atoms with E-state index in [-0.39, 0.29) is 0 Å². The van der Waals surface area contributed by atoms with Crippen molar-refractivity contribution in [2.24, 2.45) is 0 Å². The second kappa shape index (κ2) is 4.79. The van der Waals surface area contributed by atoms with E-state index < -0.39 is 10.0 Å². The molecule has 0 aromatic heterocycles. The molecule has 19 heavy (non-hydrogen) atoms. The van der Waals surface area contributed by atoms with Gasteiger partial charge in [0.25, 0.3) is 10.0 Å². The summed E-state index contributed by atoms with van der Waals surface area (Å²) in [6.07, 6.45) is 0.777. The lowest BCUT2D eigenvalue weighted by Crippen LogP contribution is -2.29. The molecule has 0 saturated carbocycles. The molecule has 0 fully saturated rings. The SMILES string of the molecule is O=S(=O)(c1cccc(I)c1)N1CCc2ccccc21. The molecule has 0 spiro atoms. The van der Waals surface area contributed by atoms with Crippen molar-refractivity contribution in [3.8, 4) is 0 Å². The second-order valence-corrected chi connectivity index (χ2v) is 7.52. The maximum absolute atomic E-state index is 12.7. The molecule has 0 N–H and O–H groups in total. The van der Waals surface area contributed by atoms with E-state index in [2.05, 4.69) is 22.6 Å². The number of hydrogen-bond acceptors (Lipinski definition) is 2. The van der Waals surface area contributed by atoms with Crippen LogP contribution in [0.5, 0.6) is 0 Å². The summed E-state index contributed by atoms with van der Waals surface area (Å²) in [6, 6.07) is 14.7. The minimum Gasteiger partial charge on any atom is -0.266 e. The van der Waals surface area contributed by atoms with Crippen LogP contribution in [0.2, 0.25) is 0 Å². The Balaban J connectivity index is 2.08. The van der Waals surface area contributed by atoms with Crippen molar-refractivity contribution in [1.82, 2.24) is 0 Å². The molecular formula is C14H12INO2S. The van der Waals surface area contributed by atoms with Crippen LogP contribution in [-0.4, -0.2) is 15.0 Å². The van der Waals surface area contributed by atoms with Gasteiger partial charge in [-0.25, -0.2) is 8.42 Å². The van der Waals surface area contributed by atoms with Gasteiger partial charge in [0.15, 0.2) is 0 Å². The lowest BCUT2D eigenvalue weighted by Gasteiger charge is -2.19. The van der Waals surface area contributed by atoms with E-state index in [1.54, 1.807) is 18.2 Å². The number of hydrogen-bond donors (Lipinski definition) is 0. The monoisotopic (exact) mass is 385 g/mol. The Labute approximate surface area is 126 Å². The number of rotatable bonds is 2. The number of anilines is 1. The number of benzene rings is 2. The van der Waals surface area contributed by atoms with Crippen molar-refractivity contribution < 1.29 is 8.42 Å². The number of halogens is 1. The van der Waals surface area contributed by atoms with E-state index in [0.717, 1.165) is 21.2 Å². The van der Waals surface area contributed by atoms with Gasteiger partial charge in [0.05, 0.1) is 10.6 Å². The Morgan fingerprint density at radius 3 is 2.63 bits per heavy atom. The van der Waals surface area contributed by atoms with Gasteiger partial charge in [-0.3, -0.25) is 4.31 Å². The molecule has 3 rings (SSSR count). The molecular weight excluding hydrogens is 373 g/mol. The van der Waals surface area contributed by atoms with Crippen molar-refractivity contribution in [3.05, 3.63) is 57.7 Å². The van der Waals surface area contributed by atoms with Crippen LogP contribution in [0, 0.1) is 3.57 Å². The topological polar surface area (TPSA) is 37.4 Å². The Kier molecular flexibility index (Phi) is 3.26. The average molecular weight is 385 g/mol. The Bertz CT molecular complexity index is 728. The zero-order valence-corrected chi connectivity index (χ0v) is 13.1. The molecule has 0 saturated heterocycles. The fraction of sp³-hybridized carbons (Fsp3) is 0.143. The predicted molar refractivity (Wildman–Crippen MR) is 83.8 cm³/mol. The zero-order valence-electron chi connectivity index (χ0n) is 10.1. The normalized spacial score (nSPS) is 14.5. The third-order valence-electron chi connectivity index (χ3n) is 3.23. The zero-order chi connectivity index (χ0) is 13.5. The summed E-state index contributed by atoms with van der Waals surface area (Å²) in [5.41, 5.74) is 1.90. The Hall–Kier alpha value is -1.08.